The second-order valence-electron chi connectivity index (χ2n) is 7.93. The van der Waals surface area contributed by atoms with Gasteiger partial charge in [-0.25, -0.2) is 0 Å². The Hall–Kier alpha value is -2.57. The summed E-state index contributed by atoms with van der Waals surface area (Å²) in [6.07, 6.45) is 0.837. The maximum Gasteiger partial charge on any atom is 0.243 e. The molecule has 1 aliphatic heterocycles. The van der Waals surface area contributed by atoms with Crippen molar-refractivity contribution in [2.24, 2.45) is 0 Å². The Kier molecular flexibility index (Phi) is 7.93. The number of anilines is 2. The van der Waals surface area contributed by atoms with E-state index in [0.29, 0.717) is 0 Å². The maximum absolute atomic E-state index is 12.9. The summed E-state index contributed by atoms with van der Waals surface area (Å²) >= 11 is 6.11. The molecule has 0 radical (unpaired) electrons. The van der Waals surface area contributed by atoms with Crippen molar-refractivity contribution in [1.29, 1.82) is 0 Å². The van der Waals surface area contributed by atoms with Crippen molar-refractivity contribution in [2.45, 2.75) is 26.3 Å². The number of amides is 2. The lowest BCUT2D eigenvalue weighted by Gasteiger charge is -2.39. The lowest BCUT2D eigenvalue weighted by molar-refractivity contribution is -0.137. The number of nitrogens with one attached hydrogen (secondary N) is 1. The van der Waals surface area contributed by atoms with Crippen molar-refractivity contribution in [3.63, 3.8) is 0 Å². The van der Waals surface area contributed by atoms with E-state index in [1.54, 1.807) is 7.05 Å². The van der Waals surface area contributed by atoms with Crippen molar-refractivity contribution in [2.75, 3.05) is 50.0 Å². The number of hydrogen-bond acceptors (Lipinski definition) is 4. The zero-order valence-corrected chi connectivity index (χ0v) is 19.2. The van der Waals surface area contributed by atoms with Crippen LogP contribution in [0.5, 0.6) is 0 Å². The third-order valence-corrected chi connectivity index (χ3v) is 6.06. The summed E-state index contributed by atoms with van der Waals surface area (Å²) in [7, 11) is 1.69. The second kappa shape index (κ2) is 10.6. The molecule has 0 spiro atoms. The molecule has 3 rings (SSSR count). The smallest absolute Gasteiger partial charge is 0.243 e. The molecular weight excluding hydrogens is 412 g/mol. The number of carbonyl (C=O) groups is 2. The number of likely N-dealkylation sites (N-methyl/N-ethyl adjacent to an activating group) is 1. The number of nitrogens with zero attached hydrogens (tertiary/aromatic N) is 3. The summed E-state index contributed by atoms with van der Waals surface area (Å²) in [6.45, 7) is 7.22. The molecule has 0 saturated carbocycles. The van der Waals surface area contributed by atoms with Crippen LogP contribution in [0.4, 0.5) is 11.4 Å². The normalized spacial score (nSPS) is 15.4. The Morgan fingerprint density at radius 2 is 1.81 bits per heavy atom. The van der Waals surface area contributed by atoms with Gasteiger partial charge in [0.15, 0.2) is 0 Å². The van der Waals surface area contributed by atoms with E-state index >= 15 is 0 Å². The van der Waals surface area contributed by atoms with Gasteiger partial charge in [-0.1, -0.05) is 42.8 Å². The number of rotatable bonds is 7. The Morgan fingerprint density at radius 1 is 1.10 bits per heavy atom. The first kappa shape index (κ1) is 23.1. The standard InChI is InChI=1S/C24H31ClN4O2/c1-4-19-8-5-6-11-22(19)26-23(30)17-27(3)24(31)18(2)28-12-14-29(15-13-28)21-10-7-9-20(25)16-21/h5-11,16,18H,4,12-15,17H2,1-3H3,(H,26,30). The van der Waals surface area contributed by atoms with Gasteiger partial charge in [0.05, 0.1) is 12.6 Å². The minimum Gasteiger partial charge on any atom is -0.369 e. The molecule has 2 amide bonds. The zero-order valence-electron chi connectivity index (χ0n) is 18.5. The first-order valence-corrected chi connectivity index (χ1v) is 11.1. The van der Waals surface area contributed by atoms with E-state index in [1.807, 2.05) is 49.4 Å². The topological polar surface area (TPSA) is 55.9 Å². The highest BCUT2D eigenvalue weighted by molar-refractivity contribution is 6.30. The first-order chi connectivity index (χ1) is 14.9. The molecule has 0 aliphatic carbocycles. The highest BCUT2D eigenvalue weighted by atomic mass is 35.5. The molecule has 166 valence electrons. The molecule has 2 aromatic rings. The van der Waals surface area contributed by atoms with Gasteiger partial charge in [0, 0.05) is 49.6 Å². The average molecular weight is 443 g/mol. The van der Waals surface area contributed by atoms with Gasteiger partial charge in [-0.05, 0) is 43.2 Å². The van der Waals surface area contributed by atoms with E-state index in [9.17, 15) is 9.59 Å². The molecule has 1 saturated heterocycles. The van der Waals surface area contributed by atoms with Crippen LogP contribution in [0.1, 0.15) is 19.4 Å². The van der Waals surface area contributed by atoms with Gasteiger partial charge in [-0.15, -0.1) is 0 Å². The number of piperazine rings is 1. The molecule has 31 heavy (non-hydrogen) atoms. The summed E-state index contributed by atoms with van der Waals surface area (Å²) in [5.41, 5.74) is 2.99. The van der Waals surface area contributed by atoms with Crippen LogP contribution < -0.4 is 10.2 Å². The Bertz CT molecular complexity index is 912. The number of carbonyl (C=O) groups excluding carboxylic acids is 2. The van der Waals surface area contributed by atoms with Crippen LogP contribution in [0.3, 0.4) is 0 Å². The fourth-order valence-corrected chi connectivity index (χ4v) is 4.13. The van der Waals surface area contributed by atoms with E-state index in [-0.39, 0.29) is 24.4 Å². The average Bonchev–Trinajstić information content (AvgIpc) is 2.78. The van der Waals surface area contributed by atoms with E-state index in [0.717, 1.165) is 54.6 Å². The number of halogens is 1. The van der Waals surface area contributed by atoms with Crippen LogP contribution in [0.2, 0.25) is 5.02 Å². The van der Waals surface area contributed by atoms with Gasteiger partial charge in [0.1, 0.15) is 0 Å². The van der Waals surface area contributed by atoms with Gasteiger partial charge in [-0.3, -0.25) is 14.5 Å². The lowest BCUT2D eigenvalue weighted by atomic mass is 10.1. The number of hydrogen-bond donors (Lipinski definition) is 1. The molecule has 1 fully saturated rings. The Morgan fingerprint density at radius 3 is 2.48 bits per heavy atom. The fourth-order valence-electron chi connectivity index (χ4n) is 3.95. The molecule has 1 unspecified atom stereocenters. The second-order valence-corrected chi connectivity index (χ2v) is 8.37. The molecule has 2 aromatic carbocycles. The Labute approximate surface area is 189 Å². The predicted molar refractivity (Wildman–Crippen MR) is 127 cm³/mol. The quantitative estimate of drug-likeness (QED) is 0.712. The minimum atomic E-state index is -0.276. The first-order valence-electron chi connectivity index (χ1n) is 10.8. The van der Waals surface area contributed by atoms with Gasteiger partial charge < -0.3 is 15.1 Å². The lowest BCUT2D eigenvalue weighted by Crippen LogP contribution is -2.54. The SMILES string of the molecule is CCc1ccccc1NC(=O)CN(C)C(=O)C(C)N1CCN(c2cccc(Cl)c2)CC1. The summed E-state index contributed by atoms with van der Waals surface area (Å²) < 4.78 is 0. The Balaban J connectivity index is 1.51. The van der Waals surface area contributed by atoms with Crippen molar-refractivity contribution in [1.82, 2.24) is 9.80 Å². The third-order valence-electron chi connectivity index (χ3n) is 5.82. The number of benzene rings is 2. The molecule has 1 heterocycles. The molecule has 0 bridgehead atoms. The number of para-hydroxylation sites is 1. The van der Waals surface area contributed by atoms with Gasteiger partial charge in [0.2, 0.25) is 11.8 Å². The minimum absolute atomic E-state index is 0.0314. The highest BCUT2D eigenvalue weighted by Gasteiger charge is 2.28. The molecule has 1 aliphatic rings. The van der Waals surface area contributed by atoms with E-state index in [1.165, 1.54) is 4.90 Å². The van der Waals surface area contributed by atoms with Gasteiger partial charge in [0.25, 0.3) is 0 Å². The van der Waals surface area contributed by atoms with Crippen LogP contribution in [-0.4, -0.2) is 67.4 Å². The molecule has 0 aromatic heterocycles. The van der Waals surface area contributed by atoms with Crippen molar-refractivity contribution in [3.05, 3.63) is 59.1 Å². The fraction of sp³-hybridized carbons (Fsp3) is 0.417. The molecule has 6 nitrogen and oxygen atoms in total. The summed E-state index contributed by atoms with van der Waals surface area (Å²) in [6, 6.07) is 15.3. The van der Waals surface area contributed by atoms with Crippen LogP contribution >= 0.6 is 11.6 Å². The van der Waals surface area contributed by atoms with E-state index in [4.69, 9.17) is 11.6 Å². The maximum atomic E-state index is 12.9. The van der Waals surface area contributed by atoms with Crippen LogP contribution in [0.25, 0.3) is 0 Å². The number of aryl methyl sites for hydroxylation is 1. The van der Waals surface area contributed by atoms with Gasteiger partial charge >= 0.3 is 0 Å². The predicted octanol–water partition coefficient (Wildman–Crippen LogP) is 3.51. The summed E-state index contributed by atoms with van der Waals surface area (Å²) in [5, 5.41) is 3.66. The third kappa shape index (κ3) is 5.99. The van der Waals surface area contributed by atoms with Crippen LogP contribution in [0.15, 0.2) is 48.5 Å². The summed E-state index contributed by atoms with van der Waals surface area (Å²) in [4.78, 5) is 31.4. The highest BCUT2D eigenvalue weighted by Crippen LogP contribution is 2.21. The van der Waals surface area contributed by atoms with Crippen molar-refractivity contribution in [3.8, 4) is 0 Å². The monoisotopic (exact) mass is 442 g/mol. The van der Waals surface area contributed by atoms with Crippen molar-refractivity contribution >= 4 is 34.8 Å². The molecule has 1 atom stereocenters. The largest absolute Gasteiger partial charge is 0.369 e. The zero-order chi connectivity index (χ0) is 22.4. The van der Waals surface area contributed by atoms with Crippen LogP contribution in [0, 0.1) is 0 Å². The molecule has 7 heteroatoms. The van der Waals surface area contributed by atoms with Gasteiger partial charge in [-0.2, -0.15) is 0 Å². The van der Waals surface area contributed by atoms with E-state index in [2.05, 4.69) is 28.1 Å². The molecular formula is C24H31ClN4O2. The molecule has 1 N–H and O–H groups in total. The van der Waals surface area contributed by atoms with Crippen LogP contribution in [-0.2, 0) is 16.0 Å². The summed E-state index contributed by atoms with van der Waals surface area (Å²) in [5.74, 6) is -0.232. The van der Waals surface area contributed by atoms with Crippen molar-refractivity contribution < 1.29 is 9.59 Å². The van der Waals surface area contributed by atoms with E-state index < -0.39 is 0 Å².